The van der Waals surface area contributed by atoms with Crippen molar-refractivity contribution >= 4 is 17.4 Å². The second kappa shape index (κ2) is 6.42. The fourth-order valence-electron chi connectivity index (χ4n) is 2.81. The fraction of sp³-hybridized carbons (Fsp3) is 0.278. The first-order chi connectivity index (χ1) is 10.2. The Bertz CT molecular complexity index is 630. The topological polar surface area (TPSA) is 29.1 Å². The molecule has 0 aromatic heterocycles. The first kappa shape index (κ1) is 14.3. The molecule has 3 heteroatoms. The summed E-state index contributed by atoms with van der Waals surface area (Å²) in [6.45, 7) is 1.88. The minimum Gasteiger partial charge on any atom is -0.317 e. The Kier molecular flexibility index (Phi) is 4.37. The van der Waals surface area contributed by atoms with Gasteiger partial charge >= 0.3 is 0 Å². The number of Topliss-reactive ketones (excluding diaryl/α,β-unsaturated/α-hetero) is 1. The number of hydrogen-bond donors (Lipinski definition) is 1. The molecule has 0 radical (unpaired) electrons. The van der Waals surface area contributed by atoms with Crippen molar-refractivity contribution < 1.29 is 4.79 Å². The van der Waals surface area contributed by atoms with E-state index in [4.69, 9.17) is 11.6 Å². The highest BCUT2D eigenvalue weighted by Gasteiger charge is 2.21. The maximum atomic E-state index is 12.5. The highest BCUT2D eigenvalue weighted by atomic mass is 35.5. The molecule has 0 bridgehead atoms. The standard InChI is InChI=1S/C18H18ClNO/c19-17-3-1-2-16(12-17)13-4-6-14(7-5-13)18(21)15-8-10-20-11-9-15/h1-7,12,15,20H,8-11H2. The number of rotatable bonds is 3. The molecule has 1 fully saturated rings. The van der Waals surface area contributed by atoms with Gasteiger partial charge in [0.15, 0.2) is 5.78 Å². The number of hydrogen-bond acceptors (Lipinski definition) is 2. The lowest BCUT2D eigenvalue weighted by Crippen LogP contribution is -2.31. The van der Waals surface area contributed by atoms with Crippen LogP contribution in [-0.2, 0) is 0 Å². The number of carbonyl (C=O) groups is 1. The average Bonchev–Trinajstić information content (AvgIpc) is 2.55. The SMILES string of the molecule is O=C(c1ccc(-c2cccc(Cl)c2)cc1)C1CCNCC1. The zero-order valence-electron chi connectivity index (χ0n) is 11.8. The molecule has 1 heterocycles. The van der Waals surface area contributed by atoms with Gasteiger partial charge in [0.05, 0.1) is 0 Å². The lowest BCUT2D eigenvalue weighted by atomic mass is 9.89. The van der Waals surface area contributed by atoms with Crippen molar-refractivity contribution in [2.45, 2.75) is 12.8 Å². The number of carbonyl (C=O) groups excluding carboxylic acids is 1. The van der Waals surface area contributed by atoms with Gasteiger partial charge in [0.1, 0.15) is 0 Å². The quantitative estimate of drug-likeness (QED) is 0.861. The Balaban J connectivity index is 1.79. The number of nitrogens with one attached hydrogen (secondary N) is 1. The molecule has 1 aliphatic rings. The molecule has 0 saturated carbocycles. The summed E-state index contributed by atoms with van der Waals surface area (Å²) in [4.78, 5) is 12.5. The van der Waals surface area contributed by atoms with Crippen LogP contribution in [0.5, 0.6) is 0 Å². The van der Waals surface area contributed by atoms with Crippen LogP contribution >= 0.6 is 11.6 Å². The molecular weight excluding hydrogens is 282 g/mol. The van der Waals surface area contributed by atoms with Crippen LogP contribution in [0.15, 0.2) is 48.5 Å². The lowest BCUT2D eigenvalue weighted by molar-refractivity contribution is 0.0895. The zero-order valence-corrected chi connectivity index (χ0v) is 12.6. The maximum absolute atomic E-state index is 12.5. The molecule has 0 spiro atoms. The highest BCUT2D eigenvalue weighted by molar-refractivity contribution is 6.30. The summed E-state index contributed by atoms with van der Waals surface area (Å²) < 4.78 is 0. The van der Waals surface area contributed by atoms with Crippen LogP contribution in [0, 0.1) is 5.92 Å². The molecule has 1 N–H and O–H groups in total. The van der Waals surface area contributed by atoms with Crippen LogP contribution in [0.2, 0.25) is 5.02 Å². The van der Waals surface area contributed by atoms with E-state index in [-0.39, 0.29) is 11.7 Å². The number of benzene rings is 2. The first-order valence-corrected chi connectivity index (χ1v) is 7.73. The van der Waals surface area contributed by atoms with E-state index in [1.54, 1.807) is 0 Å². The molecule has 1 saturated heterocycles. The number of piperidine rings is 1. The smallest absolute Gasteiger partial charge is 0.166 e. The van der Waals surface area contributed by atoms with Crippen molar-refractivity contribution in [3.63, 3.8) is 0 Å². The monoisotopic (exact) mass is 299 g/mol. The van der Waals surface area contributed by atoms with Crippen molar-refractivity contribution in [3.8, 4) is 11.1 Å². The Morgan fingerprint density at radius 3 is 2.38 bits per heavy atom. The van der Waals surface area contributed by atoms with Crippen molar-refractivity contribution in [3.05, 3.63) is 59.1 Å². The molecule has 2 aromatic carbocycles. The summed E-state index contributed by atoms with van der Waals surface area (Å²) in [6, 6.07) is 15.6. The van der Waals surface area contributed by atoms with Crippen molar-refractivity contribution in [1.82, 2.24) is 5.32 Å². The van der Waals surface area contributed by atoms with Gasteiger partial charge in [-0.2, -0.15) is 0 Å². The second-order valence-corrected chi connectivity index (χ2v) is 5.91. The van der Waals surface area contributed by atoms with Crippen molar-refractivity contribution in [2.75, 3.05) is 13.1 Å². The van der Waals surface area contributed by atoms with Crippen LogP contribution in [0.4, 0.5) is 0 Å². The summed E-state index contributed by atoms with van der Waals surface area (Å²) in [5, 5.41) is 4.02. The number of halogens is 1. The van der Waals surface area contributed by atoms with Gasteiger partial charge < -0.3 is 5.32 Å². The van der Waals surface area contributed by atoms with Gasteiger partial charge in [0, 0.05) is 16.5 Å². The third-order valence-corrected chi connectivity index (χ3v) is 4.27. The number of ketones is 1. The molecule has 0 amide bonds. The van der Waals surface area contributed by atoms with Crippen LogP contribution in [-0.4, -0.2) is 18.9 Å². The van der Waals surface area contributed by atoms with Gasteiger partial charge in [0.25, 0.3) is 0 Å². The van der Waals surface area contributed by atoms with E-state index in [2.05, 4.69) is 5.32 Å². The van der Waals surface area contributed by atoms with Crippen molar-refractivity contribution in [1.29, 1.82) is 0 Å². The predicted octanol–water partition coefficient (Wildman–Crippen LogP) is 4.19. The van der Waals surface area contributed by atoms with E-state index in [1.165, 1.54) is 0 Å². The summed E-state index contributed by atoms with van der Waals surface area (Å²) in [5.74, 6) is 0.442. The Morgan fingerprint density at radius 2 is 1.71 bits per heavy atom. The second-order valence-electron chi connectivity index (χ2n) is 5.48. The van der Waals surface area contributed by atoms with Gasteiger partial charge in [-0.05, 0) is 49.2 Å². The summed E-state index contributed by atoms with van der Waals surface area (Å²) in [6.07, 6.45) is 1.88. The lowest BCUT2D eigenvalue weighted by Gasteiger charge is -2.21. The Labute approximate surface area is 130 Å². The Morgan fingerprint density at radius 1 is 1.00 bits per heavy atom. The third kappa shape index (κ3) is 3.34. The molecule has 2 aromatic rings. The first-order valence-electron chi connectivity index (χ1n) is 7.35. The molecule has 3 rings (SSSR count). The summed E-state index contributed by atoms with van der Waals surface area (Å²) in [5.41, 5.74) is 2.97. The van der Waals surface area contributed by atoms with E-state index in [1.807, 2.05) is 48.5 Å². The van der Waals surface area contributed by atoms with Crippen molar-refractivity contribution in [2.24, 2.45) is 5.92 Å². The average molecular weight is 300 g/mol. The maximum Gasteiger partial charge on any atom is 0.166 e. The summed E-state index contributed by atoms with van der Waals surface area (Å²) >= 11 is 6.02. The molecule has 0 aliphatic carbocycles. The van der Waals surface area contributed by atoms with Gasteiger partial charge in [0.2, 0.25) is 0 Å². The predicted molar refractivity (Wildman–Crippen MR) is 86.8 cm³/mol. The van der Waals surface area contributed by atoms with E-state index < -0.39 is 0 Å². The van der Waals surface area contributed by atoms with Gasteiger partial charge in [-0.25, -0.2) is 0 Å². The minimum atomic E-state index is 0.170. The van der Waals surface area contributed by atoms with Gasteiger partial charge in [-0.15, -0.1) is 0 Å². The fourth-order valence-corrected chi connectivity index (χ4v) is 3.01. The van der Waals surface area contributed by atoms with Crippen LogP contribution < -0.4 is 5.32 Å². The third-order valence-electron chi connectivity index (χ3n) is 4.04. The minimum absolute atomic E-state index is 0.170. The van der Waals surface area contributed by atoms with Gasteiger partial charge in [-0.1, -0.05) is 48.0 Å². The van der Waals surface area contributed by atoms with Crippen LogP contribution in [0.25, 0.3) is 11.1 Å². The van der Waals surface area contributed by atoms with E-state index in [0.717, 1.165) is 47.6 Å². The van der Waals surface area contributed by atoms with Crippen LogP contribution in [0.3, 0.4) is 0 Å². The molecule has 2 nitrogen and oxygen atoms in total. The van der Waals surface area contributed by atoms with E-state index >= 15 is 0 Å². The molecule has 1 aliphatic heterocycles. The largest absolute Gasteiger partial charge is 0.317 e. The van der Waals surface area contributed by atoms with Crippen LogP contribution in [0.1, 0.15) is 23.2 Å². The normalized spacial score (nSPS) is 15.9. The van der Waals surface area contributed by atoms with Gasteiger partial charge in [-0.3, -0.25) is 4.79 Å². The highest BCUT2D eigenvalue weighted by Crippen LogP contribution is 2.24. The Hall–Kier alpha value is -1.64. The summed E-state index contributed by atoms with van der Waals surface area (Å²) in [7, 11) is 0. The molecular formula is C18H18ClNO. The zero-order chi connectivity index (χ0) is 14.7. The molecule has 0 atom stereocenters. The molecule has 0 unspecified atom stereocenters. The molecule has 108 valence electrons. The van der Waals surface area contributed by atoms with E-state index in [9.17, 15) is 4.79 Å². The van der Waals surface area contributed by atoms with E-state index in [0.29, 0.717) is 0 Å². The molecule has 21 heavy (non-hydrogen) atoms.